The fraction of sp³-hybridized carbons (Fsp3) is 0.310. The van der Waals surface area contributed by atoms with E-state index in [1.807, 2.05) is 86.1 Å². The van der Waals surface area contributed by atoms with Gasteiger partial charge in [-0.1, -0.05) is 54.6 Å². The van der Waals surface area contributed by atoms with Crippen LogP contribution in [0, 0.1) is 13.8 Å². The summed E-state index contributed by atoms with van der Waals surface area (Å²) in [6.45, 7) is 4.24. The Bertz CT molecular complexity index is 1360. The zero-order valence-electron chi connectivity index (χ0n) is 21.5. The minimum absolute atomic E-state index is 0.289. The molecule has 0 unspecified atom stereocenters. The van der Waals surface area contributed by atoms with Crippen LogP contribution in [-0.2, 0) is 24.9 Å². The molecule has 1 atom stereocenters. The summed E-state index contributed by atoms with van der Waals surface area (Å²) in [4.78, 5) is 23.4. The van der Waals surface area contributed by atoms with Gasteiger partial charge in [0.2, 0.25) is 0 Å². The molecule has 1 aromatic heterocycles. The third kappa shape index (κ3) is 5.12. The fourth-order valence-corrected chi connectivity index (χ4v) is 4.42. The molecule has 0 saturated heterocycles. The zero-order chi connectivity index (χ0) is 25.8. The van der Waals surface area contributed by atoms with E-state index in [4.69, 9.17) is 14.6 Å². The highest BCUT2D eigenvalue weighted by molar-refractivity contribution is 6.01. The smallest absolute Gasteiger partial charge is 0.277 e. The second kappa shape index (κ2) is 10.9. The molecule has 1 N–H and O–H groups in total. The third-order valence-electron chi connectivity index (χ3n) is 6.69. The van der Waals surface area contributed by atoms with Crippen LogP contribution in [0.3, 0.4) is 0 Å². The van der Waals surface area contributed by atoms with E-state index in [1.165, 1.54) is 12.2 Å². The van der Waals surface area contributed by atoms with Gasteiger partial charge in [0, 0.05) is 19.7 Å². The number of aliphatic hydroxyl groups is 1. The number of nitrogens with zero attached hydrogens (tertiary/aromatic N) is 3. The van der Waals surface area contributed by atoms with Crippen LogP contribution in [0.4, 0.5) is 0 Å². The molecule has 7 heteroatoms. The fourth-order valence-electron chi connectivity index (χ4n) is 4.42. The van der Waals surface area contributed by atoms with Crippen molar-refractivity contribution in [2.45, 2.75) is 39.4 Å². The molecule has 1 heterocycles. The van der Waals surface area contributed by atoms with Crippen LogP contribution in [-0.4, -0.2) is 39.8 Å². The number of carbonyl (C=O) groups excluding carboxylic acids is 1. The lowest BCUT2D eigenvalue weighted by Gasteiger charge is -2.21. The Hall–Kier alpha value is -3.68. The van der Waals surface area contributed by atoms with Gasteiger partial charge in [-0.3, -0.25) is 9.63 Å². The average molecular weight is 488 g/mol. The van der Waals surface area contributed by atoms with Crippen molar-refractivity contribution in [1.82, 2.24) is 14.6 Å². The van der Waals surface area contributed by atoms with E-state index in [9.17, 15) is 9.90 Å². The van der Waals surface area contributed by atoms with Crippen molar-refractivity contribution in [2.75, 3.05) is 14.2 Å². The first-order valence-corrected chi connectivity index (χ1v) is 12.0. The summed E-state index contributed by atoms with van der Waals surface area (Å²) in [6, 6.07) is 19.5. The molecular formula is C29H33N3O4. The van der Waals surface area contributed by atoms with E-state index < -0.39 is 6.10 Å². The summed E-state index contributed by atoms with van der Waals surface area (Å²) in [5.74, 6) is 1.08. The number of benzene rings is 3. The SMILES string of the molecule is CON(C)C(=O)c1cc2c(nc(C)n2C)c(OCc2ccccc2)c1CC[C@@H](O)c1ccccc1C. The summed E-state index contributed by atoms with van der Waals surface area (Å²) in [5, 5.41) is 12.2. The highest BCUT2D eigenvalue weighted by atomic mass is 16.7. The van der Waals surface area contributed by atoms with Gasteiger partial charge in [-0.25, -0.2) is 10.0 Å². The molecule has 0 radical (unpaired) electrons. The summed E-state index contributed by atoms with van der Waals surface area (Å²) in [6.07, 6.45) is 0.155. The van der Waals surface area contributed by atoms with Gasteiger partial charge < -0.3 is 14.4 Å². The van der Waals surface area contributed by atoms with Crippen molar-refractivity contribution < 1.29 is 19.5 Å². The zero-order valence-corrected chi connectivity index (χ0v) is 21.5. The molecule has 4 rings (SSSR count). The molecule has 0 fully saturated rings. The topological polar surface area (TPSA) is 76.8 Å². The number of rotatable bonds is 9. The predicted molar refractivity (Wildman–Crippen MR) is 140 cm³/mol. The maximum absolute atomic E-state index is 13.4. The number of aromatic nitrogens is 2. The maximum atomic E-state index is 13.4. The lowest BCUT2D eigenvalue weighted by molar-refractivity contribution is -0.0757. The van der Waals surface area contributed by atoms with Crippen LogP contribution in [0.25, 0.3) is 11.0 Å². The van der Waals surface area contributed by atoms with Crippen molar-refractivity contribution >= 4 is 16.9 Å². The minimum Gasteiger partial charge on any atom is -0.486 e. The summed E-state index contributed by atoms with van der Waals surface area (Å²) in [5.41, 5.74) is 5.58. The normalized spacial score (nSPS) is 12.1. The van der Waals surface area contributed by atoms with E-state index in [0.29, 0.717) is 41.8 Å². The highest BCUT2D eigenvalue weighted by Gasteiger charge is 2.26. The number of aryl methyl sites for hydroxylation is 3. The molecule has 4 aromatic rings. The van der Waals surface area contributed by atoms with Crippen LogP contribution < -0.4 is 4.74 Å². The summed E-state index contributed by atoms with van der Waals surface area (Å²) in [7, 11) is 4.96. The van der Waals surface area contributed by atoms with Crippen LogP contribution in [0.2, 0.25) is 0 Å². The molecule has 0 aliphatic rings. The quantitative estimate of drug-likeness (QED) is 0.334. The molecule has 1 amide bonds. The Morgan fingerprint density at radius 2 is 1.81 bits per heavy atom. The molecule has 0 saturated carbocycles. The Morgan fingerprint density at radius 1 is 1.11 bits per heavy atom. The molecule has 0 spiro atoms. The number of hydrogen-bond acceptors (Lipinski definition) is 5. The molecule has 3 aromatic carbocycles. The number of ether oxygens (including phenoxy) is 1. The second-order valence-corrected chi connectivity index (χ2v) is 8.99. The van der Waals surface area contributed by atoms with Crippen LogP contribution in [0.15, 0.2) is 60.7 Å². The number of fused-ring (bicyclic) bond motifs is 1. The highest BCUT2D eigenvalue weighted by Crippen LogP contribution is 2.36. The molecule has 36 heavy (non-hydrogen) atoms. The van der Waals surface area contributed by atoms with Crippen molar-refractivity contribution in [2.24, 2.45) is 7.05 Å². The van der Waals surface area contributed by atoms with Crippen LogP contribution in [0.1, 0.15) is 51.0 Å². The van der Waals surface area contributed by atoms with Crippen molar-refractivity contribution in [3.8, 4) is 5.75 Å². The molecule has 7 nitrogen and oxygen atoms in total. The Morgan fingerprint density at radius 3 is 2.50 bits per heavy atom. The maximum Gasteiger partial charge on any atom is 0.277 e. The largest absolute Gasteiger partial charge is 0.486 e. The Balaban J connectivity index is 1.81. The first-order chi connectivity index (χ1) is 17.3. The lowest BCUT2D eigenvalue weighted by Crippen LogP contribution is -2.27. The number of amides is 1. The monoisotopic (exact) mass is 487 g/mol. The predicted octanol–water partition coefficient (Wildman–Crippen LogP) is 5.07. The van der Waals surface area contributed by atoms with Gasteiger partial charge in [-0.05, 0) is 49.4 Å². The number of hydrogen-bond donors (Lipinski definition) is 1. The lowest BCUT2D eigenvalue weighted by atomic mass is 9.94. The van der Waals surface area contributed by atoms with Crippen molar-refractivity contribution in [1.29, 1.82) is 0 Å². The van der Waals surface area contributed by atoms with Gasteiger partial charge >= 0.3 is 0 Å². The van der Waals surface area contributed by atoms with Gasteiger partial charge in [-0.15, -0.1) is 0 Å². The standard InChI is InChI=1S/C29H33N3O4/c1-19-11-9-10-14-22(19)26(33)16-15-23-24(29(34)32(4)35-5)17-25-27(30-20(2)31(25)3)28(23)36-18-21-12-7-6-8-13-21/h6-14,17,26,33H,15-16,18H2,1-5H3/t26-/m1/s1. The molecular weight excluding hydrogens is 454 g/mol. The third-order valence-corrected chi connectivity index (χ3v) is 6.69. The van der Waals surface area contributed by atoms with Crippen molar-refractivity contribution in [3.05, 3.63) is 94.3 Å². The molecule has 0 aliphatic heterocycles. The Labute approximate surface area is 211 Å². The van der Waals surface area contributed by atoms with Crippen LogP contribution in [0.5, 0.6) is 5.75 Å². The summed E-state index contributed by atoms with van der Waals surface area (Å²) < 4.78 is 8.35. The minimum atomic E-state index is -0.683. The number of imidazole rings is 1. The Kier molecular flexibility index (Phi) is 7.72. The second-order valence-electron chi connectivity index (χ2n) is 8.99. The van der Waals surface area contributed by atoms with Gasteiger partial charge in [0.05, 0.1) is 24.3 Å². The van der Waals surface area contributed by atoms with E-state index in [-0.39, 0.29) is 5.91 Å². The van der Waals surface area contributed by atoms with Gasteiger partial charge in [0.15, 0.2) is 5.75 Å². The van der Waals surface area contributed by atoms with E-state index >= 15 is 0 Å². The van der Waals surface area contributed by atoms with E-state index in [1.54, 1.807) is 7.05 Å². The molecule has 0 bridgehead atoms. The van der Waals surface area contributed by atoms with Gasteiger partial charge in [-0.2, -0.15) is 0 Å². The number of carbonyl (C=O) groups is 1. The molecule has 188 valence electrons. The summed E-state index contributed by atoms with van der Waals surface area (Å²) >= 11 is 0. The van der Waals surface area contributed by atoms with E-state index in [2.05, 4.69) is 0 Å². The van der Waals surface area contributed by atoms with Crippen LogP contribution >= 0.6 is 0 Å². The van der Waals surface area contributed by atoms with Crippen molar-refractivity contribution in [3.63, 3.8) is 0 Å². The number of hydroxylamine groups is 2. The average Bonchev–Trinajstić information content (AvgIpc) is 3.18. The van der Waals surface area contributed by atoms with Gasteiger partial charge in [0.25, 0.3) is 5.91 Å². The van der Waals surface area contributed by atoms with E-state index in [0.717, 1.165) is 28.0 Å². The number of aliphatic hydroxyl groups excluding tert-OH is 1. The van der Waals surface area contributed by atoms with Gasteiger partial charge in [0.1, 0.15) is 17.9 Å². The first kappa shape index (κ1) is 25.4. The molecule has 0 aliphatic carbocycles. The first-order valence-electron chi connectivity index (χ1n) is 12.0.